The van der Waals surface area contributed by atoms with Crippen molar-refractivity contribution in [1.82, 2.24) is 0 Å². The van der Waals surface area contributed by atoms with Gasteiger partial charge in [-0.05, 0) is 36.6 Å². The highest BCUT2D eigenvalue weighted by atomic mass is 19.4. The molecule has 0 aromatic heterocycles. The lowest BCUT2D eigenvalue weighted by Gasteiger charge is -2.14. The van der Waals surface area contributed by atoms with Gasteiger partial charge in [0, 0.05) is 12.8 Å². The van der Waals surface area contributed by atoms with E-state index < -0.39 is 41.2 Å². The molecule has 108 valence electrons. The number of carbonyl (C=O) groups excluding carboxylic acids is 2. The van der Waals surface area contributed by atoms with Crippen molar-refractivity contribution in [3.8, 4) is 0 Å². The minimum Gasteiger partial charge on any atom is -0.299 e. The number of hydrogen-bond acceptors (Lipinski definition) is 2. The Morgan fingerprint density at radius 3 is 2.55 bits per heavy atom. The third-order valence-corrected chi connectivity index (χ3v) is 3.43. The van der Waals surface area contributed by atoms with Gasteiger partial charge in [-0.3, -0.25) is 9.59 Å². The molecule has 6 heteroatoms. The Morgan fingerprint density at radius 1 is 1.30 bits per heavy atom. The van der Waals surface area contributed by atoms with Crippen LogP contribution in [0.25, 0.3) is 0 Å². The standard InChI is InChI=1S/C14H12F4O2/c15-9-4-5-11(14(16,17)18)8(6-9)7-13(20)10-2-1-3-12(10)19/h4-6,10H,1-3,7H2. The highest BCUT2D eigenvalue weighted by molar-refractivity contribution is 6.04. The monoisotopic (exact) mass is 288 g/mol. The maximum absolute atomic E-state index is 13.1. The molecule has 2 rings (SSSR count). The second-order valence-corrected chi connectivity index (χ2v) is 4.85. The molecule has 2 nitrogen and oxygen atoms in total. The number of benzene rings is 1. The van der Waals surface area contributed by atoms with Gasteiger partial charge in [0.1, 0.15) is 17.4 Å². The fourth-order valence-corrected chi connectivity index (χ4v) is 2.45. The number of ketones is 2. The minimum absolute atomic E-state index is 0.236. The maximum Gasteiger partial charge on any atom is 0.416 e. The van der Waals surface area contributed by atoms with E-state index in [1.54, 1.807) is 0 Å². The summed E-state index contributed by atoms with van der Waals surface area (Å²) in [5.41, 5.74) is -1.44. The van der Waals surface area contributed by atoms with E-state index in [1.807, 2.05) is 0 Å². The van der Waals surface area contributed by atoms with E-state index in [2.05, 4.69) is 0 Å². The SMILES string of the molecule is O=C1CCCC1C(=O)Cc1cc(F)ccc1C(F)(F)F. The summed E-state index contributed by atoms with van der Waals surface area (Å²) >= 11 is 0. The second kappa shape index (κ2) is 5.34. The zero-order valence-corrected chi connectivity index (χ0v) is 10.5. The van der Waals surface area contributed by atoms with Gasteiger partial charge in [-0.15, -0.1) is 0 Å². The molecule has 0 amide bonds. The highest BCUT2D eigenvalue weighted by Gasteiger charge is 2.36. The molecular weight excluding hydrogens is 276 g/mol. The molecule has 0 aliphatic heterocycles. The molecule has 1 aromatic carbocycles. The number of carbonyl (C=O) groups is 2. The van der Waals surface area contributed by atoms with Gasteiger partial charge >= 0.3 is 6.18 Å². The summed E-state index contributed by atoms with van der Waals surface area (Å²) in [6.45, 7) is 0. The van der Waals surface area contributed by atoms with Crippen LogP contribution in [0.2, 0.25) is 0 Å². The molecule has 0 N–H and O–H groups in total. The molecule has 1 atom stereocenters. The van der Waals surface area contributed by atoms with Crippen molar-refractivity contribution in [3.05, 3.63) is 35.1 Å². The lowest BCUT2D eigenvalue weighted by molar-refractivity contribution is -0.138. The third kappa shape index (κ3) is 3.05. The van der Waals surface area contributed by atoms with Gasteiger partial charge in [0.15, 0.2) is 0 Å². The van der Waals surface area contributed by atoms with E-state index in [-0.39, 0.29) is 12.2 Å². The highest BCUT2D eigenvalue weighted by Crippen LogP contribution is 2.33. The first-order valence-electron chi connectivity index (χ1n) is 6.20. The molecule has 0 heterocycles. The van der Waals surface area contributed by atoms with Gasteiger partial charge in [0.2, 0.25) is 0 Å². The molecular formula is C14H12F4O2. The van der Waals surface area contributed by atoms with Gasteiger partial charge in [-0.2, -0.15) is 13.2 Å². The molecule has 1 aliphatic rings. The molecule has 0 radical (unpaired) electrons. The van der Waals surface area contributed by atoms with Crippen LogP contribution in [0.5, 0.6) is 0 Å². The second-order valence-electron chi connectivity index (χ2n) is 4.85. The number of halogens is 4. The van der Waals surface area contributed by atoms with E-state index in [0.717, 1.165) is 0 Å². The minimum atomic E-state index is -4.65. The topological polar surface area (TPSA) is 34.1 Å². The molecule has 1 fully saturated rings. The van der Waals surface area contributed by atoms with Crippen LogP contribution in [0.4, 0.5) is 17.6 Å². The third-order valence-electron chi connectivity index (χ3n) is 3.43. The Bertz CT molecular complexity index is 549. The molecule has 1 saturated carbocycles. The molecule has 20 heavy (non-hydrogen) atoms. The summed E-state index contributed by atoms with van der Waals surface area (Å²) in [6, 6.07) is 2.03. The van der Waals surface area contributed by atoms with Gasteiger partial charge in [-0.1, -0.05) is 0 Å². The van der Waals surface area contributed by atoms with E-state index in [4.69, 9.17) is 0 Å². The molecule has 1 unspecified atom stereocenters. The molecule has 0 spiro atoms. The molecule has 0 bridgehead atoms. The Labute approximate surface area is 112 Å². The summed E-state index contributed by atoms with van der Waals surface area (Å²) in [7, 11) is 0. The normalized spacial score (nSPS) is 19.4. The zero-order valence-electron chi connectivity index (χ0n) is 10.5. The number of rotatable bonds is 3. The van der Waals surface area contributed by atoms with Crippen molar-refractivity contribution in [1.29, 1.82) is 0 Å². The van der Waals surface area contributed by atoms with Crippen LogP contribution in [0.3, 0.4) is 0 Å². The first-order chi connectivity index (χ1) is 9.29. The van der Waals surface area contributed by atoms with Crippen molar-refractivity contribution in [2.75, 3.05) is 0 Å². The Balaban J connectivity index is 2.26. The van der Waals surface area contributed by atoms with E-state index in [1.165, 1.54) is 0 Å². The largest absolute Gasteiger partial charge is 0.416 e. The Hall–Kier alpha value is -1.72. The Kier molecular flexibility index (Phi) is 3.92. The smallest absolute Gasteiger partial charge is 0.299 e. The van der Waals surface area contributed by atoms with E-state index in [9.17, 15) is 27.2 Å². The van der Waals surface area contributed by atoms with Crippen LogP contribution in [0, 0.1) is 11.7 Å². The lowest BCUT2D eigenvalue weighted by atomic mass is 9.93. The average molecular weight is 288 g/mol. The first-order valence-corrected chi connectivity index (χ1v) is 6.20. The number of alkyl halides is 3. The van der Waals surface area contributed by atoms with Crippen molar-refractivity contribution < 1.29 is 27.2 Å². The fourth-order valence-electron chi connectivity index (χ4n) is 2.45. The predicted molar refractivity (Wildman–Crippen MR) is 62.5 cm³/mol. The first kappa shape index (κ1) is 14.7. The van der Waals surface area contributed by atoms with Crippen LogP contribution < -0.4 is 0 Å². The fraction of sp³-hybridized carbons (Fsp3) is 0.429. The quantitative estimate of drug-likeness (QED) is 0.631. The summed E-state index contributed by atoms with van der Waals surface area (Å²) in [5, 5.41) is 0. The summed E-state index contributed by atoms with van der Waals surface area (Å²) < 4.78 is 51.4. The van der Waals surface area contributed by atoms with Gasteiger partial charge in [-0.25, -0.2) is 4.39 Å². The summed E-state index contributed by atoms with van der Waals surface area (Å²) in [5.74, 6) is -2.47. The van der Waals surface area contributed by atoms with Crippen molar-refractivity contribution >= 4 is 11.6 Å². The maximum atomic E-state index is 13.1. The zero-order chi connectivity index (χ0) is 14.9. The van der Waals surface area contributed by atoms with Crippen LogP contribution in [0.1, 0.15) is 30.4 Å². The van der Waals surface area contributed by atoms with Crippen LogP contribution in [-0.2, 0) is 22.2 Å². The van der Waals surface area contributed by atoms with E-state index >= 15 is 0 Å². The molecule has 0 saturated heterocycles. The van der Waals surface area contributed by atoms with Crippen LogP contribution in [0.15, 0.2) is 18.2 Å². The predicted octanol–water partition coefficient (Wildman–Crippen LogP) is 3.33. The molecule has 1 aliphatic carbocycles. The van der Waals surface area contributed by atoms with Crippen molar-refractivity contribution in [3.63, 3.8) is 0 Å². The van der Waals surface area contributed by atoms with Gasteiger partial charge in [0.25, 0.3) is 0 Å². The Morgan fingerprint density at radius 2 is 2.00 bits per heavy atom. The van der Waals surface area contributed by atoms with Crippen LogP contribution in [-0.4, -0.2) is 11.6 Å². The van der Waals surface area contributed by atoms with Gasteiger partial charge in [0.05, 0.1) is 11.5 Å². The summed E-state index contributed by atoms with van der Waals surface area (Å²) in [4.78, 5) is 23.3. The summed E-state index contributed by atoms with van der Waals surface area (Å²) in [6.07, 6.45) is -3.99. The van der Waals surface area contributed by atoms with Gasteiger partial charge < -0.3 is 0 Å². The number of hydrogen-bond donors (Lipinski definition) is 0. The lowest BCUT2D eigenvalue weighted by Crippen LogP contribution is -2.22. The van der Waals surface area contributed by atoms with Crippen molar-refractivity contribution in [2.24, 2.45) is 5.92 Å². The number of Topliss-reactive ketones (excluding diaryl/α,β-unsaturated/α-hetero) is 2. The van der Waals surface area contributed by atoms with E-state index in [0.29, 0.717) is 31.0 Å². The average Bonchev–Trinajstić information content (AvgIpc) is 2.73. The van der Waals surface area contributed by atoms with Crippen molar-refractivity contribution in [2.45, 2.75) is 31.9 Å². The molecule has 1 aromatic rings. The van der Waals surface area contributed by atoms with Crippen LogP contribution >= 0.6 is 0 Å².